The molecule has 1 aromatic heterocycles. The molecule has 1 heterocycles. The molecule has 0 fully saturated rings. The van der Waals surface area contributed by atoms with Gasteiger partial charge in [-0.1, -0.05) is 0 Å². The zero-order valence-electron chi connectivity index (χ0n) is 5.78. The smallest absolute Gasteiger partial charge is 0.311 e. The summed E-state index contributed by atoms with van der Waals surface area (Å²) in [5.41, 5.74) is 0. The SMILES string of the molecule is Cn1nc(CC(=O)O)nc1Br. The second kappa shape index (κ2) is 3.00. The topological polar surface area (TPSA) is 68.0 Å². The summed E-state index contributed by atoms with van der Waals surface area (Å²) in [5, 5.41) is 12.2. The monoisotopic (exact) mass is 219 g/mol. The number of hydrogen-bond acceptors (Lipinski definition) is 3. The molecule has 1 aromatic rings. The second-order valence-corrected chi connectivity index (χ2v) is 2.70. The van der Waals surface area contributed by atoms with Crippen LogP contribution in [0.2, 0.25) is 0 Å². The van der Waals surface area contributed by atoms with E-state index in [1.54, 1.807) is 7.05 Å². The third-order valence-electron chi connectivity index (χ3n) is 1.06. The summed E-state index contributed by atoms with van der Waals surface area (Å²) in [7, 11) is 1.68. The summed E-state index contributed by atoms with van der Waals surface area (Å²) >= 11 is 3.10. The van der Waals surface area contributed by atoms with Gasteiger partial charge >= 0.3 is 5.97 Å². The van der Waals surface area contributed by atoms with E-state index in [0.29, 0.717) is 10.6 Å². The van der Waals surface area contributed by atoms with Gasteiger partial charge in [-0.15, -0.1) is 0 Å². The lowest BCUT2D eigenvalue weighted by molar-refractivity contribution is -0.136. The highest BCUT2D eigenvalue weighted by molar-refractivity contribution is 9.10. The quantitative estimate of drug-likeness (QED) is 0.773. The van der Waals surface area contributed by atoms with Crippen LogP contribution in [-0.2, 0) is 18.3 Å². The third kappa shape index (κ3) is 2.01. The number of halogens is 1. The fourth-order valence-corrected chi connectivity index (χ4v) is 0.910. The van der Waals surface area contributed by atoms with Gasteiger partial charge in [-0.2, -0.15) is 5.10 Å². The van der Waals surface area contributed by atoms with Gasteiger partial charge in [0.25, 0.3) is 0 Å². The molecule has 0 aliphatic carbocycles. The molecule has 0 aliphatic heterocycles. The summed E-state index contributed by atoms with van der Waals surface area (Å²) in [6, 6.07) is 0. The molecule has 11 heavy (non-hydrogen) atoms. The van der Waals surface area contributed by atoms with Crippen LogP contribution in [0.4, 0.5) is 0 Å². The summed E-state index contributed by atoms with van der Waals surface area (Å²) in [6.45, 7) is 0. The fraction of sp³-hybridized carbons (Fsp3) is 0.400. The third-order valence-corrected chi connectivity index (χ3v) is 1.75. The molecule has 0 aliphatic rings. The Morgan fingerprint density at radius 3 is 2.82 bits per heavy atom. The lowest BCUT2D eigenvalue weighted by atomic mass is 10.4. The van der Waals surface area contributed by atoms with Crippen molar-refractivity contribution in [3.05, 3.63) is 10.6 Å². The van der Waals surface area contributed by atoms with E-state index in [1.807, 2.05) is 0 Å². The minimum atomic E-state index is -0.928. The lowest BCUT2D eigenvalue weighted by Gasteiger charge is -1.85. The van der Waals surface area contributed by atoms with Crippen molar-refractivity contribution in [1.82, 2.24) is 14.8 Å². The van der Waals surface area contributed by atoms with E-state index in [2.05, 4.69) is 26.0 Å². The molecule has 0 unspecified atom stereocenters. The van der Waals surface area contributed by atoms with Crippen LogP contribution < -0.4 is 0 Å². The first kappa shape index (κ1) is 8.19. The molecule has 0 saturated heterocycles. The maximum atomic E-state index is 10.2. The highest BCUT2D eigenvalue weighted by Gasteiger charge is 2.07. The van der Waals surface area contributed by atoms with Gasteiger partial charge < -0.3 is 5.11 Å². The van der Waals surface area contributed by atoms with Crippen LogP contribution in [0.1, 0.15) is 5.82 Å². The van der Waals surface area contributed by atoms with E-state index in [9.17, 15) is 4.79 Å². The number of aliphatic carboxylic acids is 1. The molecular weight excluding hydrogens is 214 g/mol. The predicted molar refractivity (Wildman–Crippen MR) is 40.0 cm³/mol. The van der Waals surface area contributed by atoms with E-state index in [4.69, 9.17) is 5.11 Å². The first-order chi connectivity index (χ1) is 5.09. The van der Waals surface area contributed by atoms with Gasteiger partial charge in [-0.25, -0.2) is 9.67 Å². The van der Waals surface area contributed by atoms with Crippen molar-refractivity contribution in [2.24, 2.45) is 7.05 Å². The van der Waals surface area contributed by atoms with E-state index < -0.39 is 5.97 Å². The molecule has 0 atom stereocenters. The summed E-state index contributed by atoms with van der Waals surface area (Å²) in [6.07, 6.45) is -0.139. The van der Waals surface area contributed by atoms with Crippen molar-refractivity contribution >= 4 is 21.9 Å². The van der Waals surface area contributed by atoms with Crippen LogP contribution in [0.15, 0.2) is 4.73 Å². The second-order valence-electron chi connectivity index (χ2n) is 1.99. The van der Waals surface area contributed by atoms with Gasteiger partial charge in [0, 0.05) is 7.05 Å². The maximum absolute atomic E-state index is 10.2. The van der Waals surface area contributed by atoms with Crippen LogP contribution >= 0.6 is 15.9 Å². The Kier molecular flexibility index (Phi) is 2.23. The maximum Gasteiger partial charge on any atom is 0.311 e. The number of aromatic nitrogens is 3. The highest BCUT2D eigenvalue weighted by Crippen LogP contribution is 2.04. The molecular formula is C5H6BrN3O2. The Hall–Kier alpha value is -0.910. The Labute approximate surface area is 71.2 Å². The summed E-state index contributed by atoms with van der Waals surface area (Å²) in [4.78, 5) is 14.0. The molecule has 0 aromatic carbocycles. The van der Waals surface area contributed by atoms with Crippen molar-refractivity contribution in [2.75, 3.05) is 0 Å². The summed E-state index contributed by atoms with van der Waals surface area (Å²) < 4.78 is 2.01. The minimum Gasteiger partial charge on any atom is -0.481 e. The number of aryl methyl sites for hydroxylation is 1. The standard InChI is InChI=1S/C5H6BrN3O2/c1-9-5(6)7-3(8-9)2-4(10)11/h2H2,1H3,(H,10,11). The number of carboxylic acid groups (broad SMARTS) is 1. The van der Waals surface area contributed by atoms with E-state index in [-0.39, 0.29) is 6.42 Å². The molecule has 0 bridgehead atoms. The van der Waals surface area contributed by atoms with Gasteiger partial charge in [0.1, 0.15) is 6.42 Å². The zero-order chi connectivity index (χ0) is 8.43. The first-order valence-electron chi connectivity index (χ1n) is 2.87. The Morgan fingerprint density at radius 1 is 1.82 bits per heavy atom. The van der Waals surface area contributed by atoms with Crippen molar-refractivity contribution in [3.8, 4) is 0 Å². The number of carbonyl (C=O) groups is 1. The molecule has 6 heteroatoms. The first-order valence-corrected chi connectivity index (χ1v) is 3.66. The molecule has 0 spiro atoms. The molecule has 1 N–H and O–H groups in total. The minimum absolute atomic E-state index is 0.139. The van der Waals surface area contributed by atoms with Crippen LogP contribution in [0.5, 0.6) is 0 Å². The van der Waals surface area contributed by atoms with E-state index >= 15 is 0 Å². The molecule has 5 nitrogen and oxygen atoms in total. The predicted octanol–water partition coefficient (Wildman–Crippen LogP) is 0.205. The molecule has 0 amide bonds. The number of carboxylic acids is 1. The van der Waals surface area contributed by atoms with E-state index in [0.717, 1.165) is 0 Å². The Balaban J connectivity index is 2.81. The Morgan fingerprint density at radius 2 is 2.45 bits per heavy atom. The Bertz CT molecular complexity index is 264. The number of hydrogen-bond donors (Lipinski definition) is 1. The molecule has 1 rings (SSSR count). The van der Waals surface area contributed by atoms with Crippen LogP contribution in [-0.4, -0.2) is 25.8 Å². The number of nitrogens with zero attached hydrogens (tertiary/aromatic N) is 3. The average molecular weight is 220 g/mol. The zero-order valence-corrected chi connectivity index (χ0v) is 7.37. The van der Waals surface area contributed by atoms with Gasteiger partial charge in [-0.3, -0.25) is 4.79 Å². The molecule has 0 saturated carbocycles. The largest absolute Gasteiger partial charge is 0.481 e. The van der Waals surface area contributed by atoms with Gasteiger partial charge in [0.15, 0.2) is 10.6 Å². The van der Waals surface area contributed by atoms with Crippen LogP contribution in [0.3, 0.4) is 0 Å². The van der Waals surface area contributed by atoms with Crippen molar-refractivity contribution < 1.29 is 9.90 Å². The summed E-state index contributed by atoms with van der Waals surface area (Å²) in [5.74, 6) is -0.616. The van der Waals surface area contributed by atoms with Crippen LogP contribution in [0, 0.1) is 0 Å². The van der Waals surface area contributed by atoms with E-state index in [1.165, 1.54) is 4.68 Å². The average Bonchev–Trinajstić information content (AvgIpc) is 2.10. The highest BCUT2D eigenvalue weighted by atomic mass is 79.9. The van der Waals surface area contributed by atoms with Crippen molar-refractivity contribution in [3.63, 3.8) is 0 Å². The van der Waals surface area contributed by atoms with Crippen molar-refractivity contribution in [2.45, 2.75) is 6.42 Å². The van der Waals surface area contributed by atoms with Gasteiger partial charge in [0.2, 0.25) is 0 Å². The fourth-order valence-electron chi connectivity index (χ4n) is 0.626. The normalized spacial score (nSPS) is 10.0. The van der Waals surface area contributed by atoms with Crippen LogP contribution in [0.25, 0.3) is 0 Å². The lowest BCUT2D eigenvalue weighted by Crippen LogP contribution is -2.02. The van der Waals surface area contributed by atoms with Gasteiger partial charge in [0.05, 0.1) is 0 Å². The van der Waals surface area contributed by atoms with Crippen molar-refractivity contribution in [1.29, 1.82) is 0 Å². The molecule has 60 valence electrons. The molecule has 0 radical (unpaired) electrons. The van der Waals surface area contributed by atoms with Gasteiger partial charge in [-0.05, 0) is 15.9 Å². The number of rotatable bonds is 2.